The van der Waals surface area contributed by atoms with Crippen LogP contribution in [0.1, 0.15) is 35.2 Å². The van der Waals surface area contributed by atoms with Crippen molar-refractivity contribution in [2.24, 2.45) is 0 Å². The van der Waals surface area contributed by atoms with Crippen LogP contribution in [0.4, 0.5) is 0 Å². The van der Waals surface area contributed by atoms with E-state index in [1.54, 1.807) is 28.4 Å². The zero-order valence-corrected chi connectivity index (χ0v) is 16.7. The molecular weight excluding hydrogens is 330 g/mol. The van der Waals surface area contributed by atoms with E-state index in [1.165, 1.54) is 5.56 Å². The summed E-state index contributed by atoms with van der Waals surface area (Å²) in [5, 5.41) is 3.55. The molecule has 142 valence electrons. The van der Waals surface area contributed by atoms with E-state index in [0.717, 1.165) is 29.0 Å². The summed E-state index contributed by atoms with van der Waals surface area (Å²) in [5.41, 5.74) is 4.58. The zero-order chi connectivity index (χ0) is 19.3. The minimum Gasteiger partial charge on any atom is -0.496 e. The number of ether oxygens (including phenoxy) is 4. The van der Waals surface area contributed by atoms with Gasteiger partial charge in [-0.3, -0.25) is 0 Å². The average molecular weight is 359 g/mol. The van der Waals surface area contributed by atoms with Crippen molar-refractivity contribution in [2.45, 2.75) is 33.4 Å². The van der Waals surface area contributed by atoms with Gasteiger partial charge < -0.3 is 24.3 Å². The summed E-state index contributed by atoms with van der Waals surface area (Å²) in [7, 11) is 6.57. The van der Waals surface area contributed by atoms with E-state index >= 15 is 0 Å². The number of methoxy groups -OCH3 is 4. The predicted molar refractivity (Wildman–Crippen MR) is 104 cm³/mol. The molecule has 26 heavy (non-hydrogen) atoms. The van der Waals surface area contributed by atoms with Gasteiger partial charge in [-0.05, 0) is 55.2 Å². The van der Waals surface area contributed by atoms with Gasteiger partial charge in [-0.1, -0.05) is 12.1 Å². The fraction of sp³-hybridized carbons (Fsp3) is 0.429. The summed E-state index contributed by atoms with van der Waals surface area (Å²) in [6.45, 7) is 7.00. The molecule has 0 unspecified atom stereocenters. The molecule has 5 heteroatoms. The van der Waals surface area contributed by atoms with Crippen LogP contribution in [-0.4, -0.2) is 28.4 Å². The van der Waals surface area contributed by atoms with E-state index in [9.17, 15) is 0 Å². The van der Waals surface area contributed by atoms with Gasteiger partial charge in [-0.25, -0.2) is 0 Å². The largest absolute Gasteiger partial charge is 0.496 e. The Bertz CT molecular complexity index is 710. The van der Waals surface area contributed by atoms with E-state index < -0.39 is 0 Å². The third-order valence-electron chi connectivity index (χ3n) is 4.52. The van der Waals surface area contributed by atoms with Gasteiger partial charge in [-0.2, -0.15) is 0 Å². The molecule has 5 nitrogen and oxygen atoms in total. The second kappa shape index (κ2) is 8.81. The van der Waals surface area contributed by atoms with E-state index in [4.69, 9.17) is 18.9 Å². The smallest absolute Gasteiger partial charge is 0.203 e. The van der Waals surface area contributed by atoms with Crippen molar-refractivity contribution >= 4 is 0 Å². The van der Waals surface area contributed by atoms with Crippen LogP contribution in [-0.2, 0) is 6.54 Å². The molecule has 0 aliphatic heterocycles. The molecule has 1 atom stereocenters. The molecule has 0 saturated carbocycles. The number of benzene rings is 2. The Hall–Kier alpha value is -2.40. The first-order valence-electron chi connectivity index (χ1n) is 8.62. The molecule has 0 amide bonds. The lowest BCUT2D eigenvalue weighted by Gasteiger charge is -2.19. The third kappa shape index (κ3) is 4.22. The average Bonchev–Trinajstić information content (AvgIpc) is 2.64. The van der Waals surface area contributed by atoms with Crippen molar-refractivity contribution in [1.29, 1.82) is 0 Å². The van der Waals surface area contributed by atoms with E-state index in [2.05, 4.69) is 38.2 Å². The Morgan fingerprint density at radius 1 is 0.769 bits per heavy atom. The van der Waals surface area contributed by atoms with Crippen LogP contribution in [0.15, 0.2) is 24.3 Å². The van der Waals surface area contributed by atoms with Gasteiger partial charge >= 0.3 is 0 Å². The molecule has 0 bridgehead atoms. The van der Waals surface area contributed by atoms with Gasteiger partial charge in [0, 0.05) is 12.6 Å². The van der Waals surface area contributed by atoms with Gasteiger partial charge in [0.1, 0.15) is 5.75 Å². The van der Waals surface area contributed by atoms with Crippen molar-refractivity contribution in [2.75, 3.05) is 28.4 Å². The molecule has 1 N–H and O–H groups in total. The highest BCUT2D eigenvalue weighted by Crippen LogP contribution is 2.39. The number of hydrogen-bond donors (Lipinski definition) is 1. The van der Waals surface area contributed by atoms with Gasteiger partial charge in [0.05, 0.1) is 28.4 Å². The molecule has 0 spiro atoms. The third-order valence-corrected chi connectivity index (χ3v) is 4.52. The minimum atomic E-state index is 0.117. The lowest BCUT2D eigenvalue weighted by atomic mass is 10.0. The number of aryl methyl sites for hydroxylation is 2. The summed E-state index contributed by atoms with van der Waals surface area (Å²) in [5.74, 6) is 2.87. The van der Waals surface area contributed by atoms with Crippen molar-refractivity contribution in [3.8, 4) is 23.0 Å². The Morgan fingerprint density at radius 3 is 1.69 bits per heavy atom. The molecule has 0 heterocycles. The first kappa shape index (κ1) is 19.9. The Balaban J connectivity index is 2.19. The molecule has 0 radical (unpaired) electrons. The van der Waals surface area contributed by atoms with Crippen LogP contribution in [0.2, 0.25) is 0 Å². The van der Waals surface area contributed by atoms with Crippen LogP contribution in [0.3, 0.4) is 0 Å². The summed E-state index contributed by atoms with van der Waals surface area (Å²) in [6.07, 6.45) is 0. The topological polar surface area (TPSA) is 49.0 Å². The highest BCUT2D eigenvalue weighted by Gasteiger charge is 2.16. The molecule has 0 aromatic heterocycles. The first-order chi connectivity index (χ1) is 12.4. The normalized spacial score (nSPS) is 11.8. The summed E-state index contributed by atoms with van der Waals surface area (Å²) < 4.78 is 21.7. The summed E-state index contributed by atoms with van der Waals surface area (Å²) in [6, 6.07) is 8.38. The fourth-order valence-corrected chi connectivity index (χ4v) is 3.20. The maximum atomic E-state index is 5.44. The van der Waals surface area contributed by atoms with Crippen molar-refractivity contribution in [3.63, 3.8) is 0 Å². The summed E-state index contributed by atoms with van der Waals surface area (Å²) >= 11 is 0. The van der Waals surface area contributed by atoms with Crippen molar-refractivity contribution in [3.05, 3.63) is 46.5 Å². The Labute approximate surface area is 156 Å². The highest BCUT2D eigenvalue weighted by molar-refractivity contribution is 5.54. The van der Waals surface area contributed by atoms with Crippen LogP contribution >= 0.6 is 0 Å². The van der Waals surface area contributed by atoms with E-state index in [-0.39, 0.29) is 6.04 Å². The lowest BCUT2D eigenvalue weighted by molar-refractivity contribution is 0.323. The van der Waals surface area contributed by atoms with E-state index in [1.807, 2.05) is 12.1 Å². The van der Waals surface area contributed by atoms with Gasteiger partial charge in [0.2, 0.25) is 5.75 Å². The maximum Gasteiger partial charge on any atom is 0.203 e. The predicted octanol–water partition coefficient (Wildman–Crippen LogP) is 4.19. The van der Waals surface area contributed by atoms with Crippen LogP contribution in [0, 0.1) is 13.8 Å². The Morgan fingerprint density at radius 2 is 1.27 bits per heavy atom. The fourth-order valence-electron chi connectivity index (χ4n) is 3.20. The molecule has 0 aliphatic rings. The molecule has 2 rings (SSSR count). The van der Waals surface area contributed by atoms with Crippen LogP contribution < -0.4 is 24.3 Å². The Kier molecular flexibility index (Phi) is 6.75. The second-order valence-electron chi connectivity index (χ2n) is 6.32. The minimum absolute atomic E-state index is 0.117. The van der Waals surface area contributed by atoms with Gasteiger partial charge in [-0.15, -0.1) is 0 Å². The standard InChI is InChI=1S/C21H29NO4/c1-13-8-16(9-14(2)20(13)25-6)12-22-15(3)17-10-18(23-4)21(26-7)19(11-17)24-5/h8-11,15,22H,12H2,1-7H3/t15-/m0/s1. The number of nitrogens with one attached hydrogen (secondary N) is 1. The quantitative estimate of drug-likeness (QED) is 0.766. The molecule has 2 aromatic rings. The molecule has 2 aromatic carbocycles. The SMILES string of the molecule is COc1cc([C@H](C)NCc2cc(C)c(OC)c(C)c2)cc(OC)c1OC. The number of hydrogen-bond acceptors (Lipinski definition) is 5. The van der Waals surface area contributed by atoms with Crippen LogP contribution in [0.25, 0.3) is 0 Å². The maximum absolute atomic E-state index is 5.44. The monoisotopic (exact) mass is 359 g/mol. The van der Waals surface area contributed by atoms with E-state index in [0.29, 0.717) is 17.2 Å². The van der Waals surface area contributed by atoms with Crippen molar-refractivity contribution in [1.82, 2.24) is 5.32 Å². The molecule has 0 saturated heterocycles. The number of rotatable bonds is 8. The second-order valence-corrected chi connectivity index (χ2v) is 6.32. The van der Waals surface area contributed by atoms with Crippen LogP contribution in [0.5, 0.6) is 23.0 Å². The zero-order valence-electron chi connectivity index (χ0n) is 16.7. The van der Waals surface area contributed by atoms with Gasteiger partial charge in [0.25, 0.3) is 0 Å². The highest BCUT2D eigenvalue weighted by atomic mass is 16.5. The molecular formula is C21H29NO4. The van der Waals surface area contributed by atoms with Gasteiger partial charge in [0.15, 0.2) is 11.5 Å². The molecule has 0 fully saturated rings. The molecule has 0 aliphatic carbocycles. The first-order valence-corrected chi connectivity index (χ1v) is 8.62. The summed E-state index contributed by atoms with van der Waals surface area (Å²) in [4.78, 5) is 0. The lowest BCUT2D eigenvalue weighted by Crippen LogP contribution is -2.18. The van der Waals surface area contributed by atoms with Crippen molar-refractivity contribution < 1.29 is 18.9 Å².